The third-order valence-electron chi connectivity index (χ3n) is 5.48. The highest BCUT2D eigenvalue weighted by atomic mass is 32.2. The smallest absolute Gasteiger partial charge is 0.270 e. The predicted octanol–water partition coefficient (Wildman–Crippen LogP) is 5.21. The molecule has 0 spiro atoms. The third kappa shape index (κ3) is 5.59. The zero-order chi connectivity index (χ0) is 24.1. The van der Waals surface area contributed by atoms with E-state index in [1.54, 1.807) is 28.8 Å². The van der Waals surface area contributed by atoms with E-state index in [0.717, 1.165) is 42.1 Å². The first-order valence-electron chi connectivity index (χ1n) is 11.1. The zero-order valence-electron chi connectivity index (χ0n) is 19.1. The normalized spacial score (nSPS) is 17.1. The van der Waals surface area contributed by atoms with Gasteiger partial charge in [-0.05, 0) is 68.0 Å². The van der Waals surface area contributed by atoms with Gasteiger partial charge >= 0.3 is 0 Å². The van der Waals surface area contributed by atoms with Gasteiger partial charge in [0.1, 0.15) is 0 Å². The van der Waals surface area contributed by atoms with Gasteiger partial charge in [-0.3, -0.25) is 14.5 Å². The second kappa shape index (κ2) is 11.3. The first kappa shape index (κ1) is 24.6. The predicted molar refractivity (Wildman–Crippen MR) is 143 cm³/mol. The Morgan fingerprint density at radius 2 is 1.94 bits per heavy atom. The van der Waals surface area contributed by atoms with Crippen molar-refractivity contribution in [2.75, 3.05) is 37.5 Å². The van der Waals surface area contributed by atoms with E-state index in [9.17, 15) is 9.59 Å². The lowest BCUT2D eigenvalue weighted by atomic mass is 10.1. The molecule has 0 radical (unpaired) electrons. The van der Waals surface area contributed by atoms with E-state index >= 15 is 0 Å². The van der Waals surface area contributed by atoms with Crippen molar-refractivity contribution in [3.05, 3.63) is 52.9 Å². The van der Waals surface area contributed by atoms with Crippen molar-refractivity contribution >= 4 is 63.6 Å². The number of ether oxygens (including phenoxy) is 2. The molecule has 2 aliphatic rings. The fourth-order valence-corrected chi connectivity index (χ4v) is 5.54. The van der Waals surface area contributed by atoms with Crippen LogP contribution in [0.3, 0.4) is 0 Å². The highest BCUT2D eigenvalue weighted by molar-refractivity contribution is 8.27. The lowest BCUT2D eigenvalue weighted by Gasteiger charge is -2.17. The molecule has 2 fully saturated rings. The Hall–Kier alpha value is -2.49. The summed E-state index contributed by atoms with van der Waals surface area (Å²) in [5.74, 6) is 0.877. The fraction of sp³-hybridized carbons (Fsp3) is 0.320. The van der Waals surface area contributed by atoms with Gasteiger partial charge in [0, 0.05) is 18.0 Å². The number of carbonyl (C=O) groups excluding carboxylic acids is 2. The van der Waals surface area contributed by atoms with Gasteiger partial charge < -0.3 is 14.4 Å². The molecule has 2 saturated heterocycles. The largest absolute Gasteiger partial charge is 0.490 e. The number of hydrogen-bond acceptors (Lipinski definition) is 7. The first-order chi connectivity index (χ1) is 16.5. The van der Waals surface area contributed by atoms with Crippen LogP contribution in [0.5, 0.6) is 11.5 Å². The molecule has 178 valence electrons. The van der Waals surface area contributed by atoms with E-state index in [-0.39, 0.29) is 18.4 Å². The lowest BCUT2D eigenvalue weighted by Crippen LogP contribution is -2.32. The molecule has 0 saturated carbocycles. The summed E-state index contributed by atoms with van der Waals surface area (Å²) in [6.45, 7) is 3.90. The lowest BCUT2D eigenvalue weighted by molar-refractivity contribution is -0.132. The summed E-state index contributed by atoms with van der Waals surface area (Å²) in [5.41, 5.74) is 1.55. The summed E-state index contributed by atoms with van der Waals surface area (Å²) < 4.78 is 12.0. The minimum atomic E-state index is -0.150. The van der Waals surface area contributed by atoms with Crippen LogP contribution in [0, 0.1) is 0 Å². The molecule has 9 heteroatoms. The summed E-state index contributed by atoms with van der Waals surface area (Å²) in [6, 6.07) is 13.2. The monoisotopic (exact) mass is 514 g/mol. The molecular formula is C25H26N2O4S3. The highest BCUT2D eigenvalue weighted by Gasteiger charge is 2.33. The Labute approximate surface area is 213 Å². The quantitative estimate of drug-likeness (QED) is 0.272. The Bertz CT molecular complexity index is 1130. The van der Waals surface area contributed by atoms with Crippen LogP contribution in [-0.2, 0) is 9.59 Å². The zero-order valence-corrected chi connectivity index (χ0v) is 21.6. The van der Waals surface area contributed by atoms with Gasteiger partial charge in [0.15, 0.2) is 22.4 Å². The number of thiocarbonyl (C=S) groups is 1. The standard InChI is InChI=1S/C25H26N2O4S3/c1-3-30-21-13-17(9-10-20(21)31-16-23(28)26-11-4-5-12-26)14-22-24(29)27(25(32)34-22)18-7-6-8-19(15-18)33-2/h6-10,13-15H,3-5,11-12,16H2,1-2H3/b22-14-. The highest BCUT2D eigenvalue weighted by Crippen LogP contribution is 2.38. The van der Waals surface area contributed by atoms with Gasteiger partial charge in [-0.1, -0.05) is 36.1 Å². The van der Waals surface area contributed by atoms with Gasteiger partial charge in [0.05, 0.1) is 17.2 Å². The van der Waals surface area contributed by atoms with Crippen molar-refractivity contribution in [2.24, 2.45) is 0 Å². The number of amides is 2. The van der Waals surface area contributed by atoms with Crippen LogP contribution >= 0.6 is 35.7 Å². The number of nitrogens with zero attached hydrogens (tertiary/aromatic N) is 2. The maximum atomic E-state index is 13.1. The Kier molecular flexibility index (Phi) is 8.18. The van der Waals surface area contributed by atoms with E-state index in [4.69, 9.17) is 21.7 Å². The number of thioether (sulfide) groups is 2. The van der Waals surface area contributed by atoms with E-state index in [1.807, 2.05) is 54.5 Å². The molecular weight excluding hydrogens is 488 g/mol. The van der Waals surface area contributed by atoms with E-state index in [0.29, 0.717) is 27.3 Å². The van der Waals surface area contributed by atoms with Crippen LogP contribution < -0.4 is 14.4 Å². The molecule has 0 aromatic heterocycles. The number of benzene rings is 2. The summed E-state index contributed by atoms with van der Waals surface area (Å²) in [6.07, 6.45) is 5.88. The topological polar surface area (TPSA) is 59.1 Å². The van der Waals surface area contributed by atoms with E-state index in [1.165, 1.54) is 11.8 Å². The third-order valence-corrected chi connectivity index (χ3v) is 7.51. The molecule has 2 aliphatic heterocycles. The molecule has 0 N–H and O–H groups in total. The second-order valence-electron chi connectivity index (χ2n) is 7.73. The summed E-state index contributed by atoms with van der Waals surface area (Å²) in [4.78, 5) is 30.5. The molecule has 2 amide bonds. The minimum Gasteiger partial charge on any atom is -0.490 e. The second-order valence-corrected chi connectivity index (χ2v) is 10.3. The first-order valence-corrected chi connectivity index (χ1v) is 13.5. The molecule has 2 aromatic carbocycles. The van der Waals surface area contributed by atoms with Crippen molar-refractivity contribution in [2.45, 2.75) is 24.7 Å². The summed E-state index contributed by atoms with van der Waals surface area (Å²) >= 11 is 8.40. The van der Waals surface area contributed by atoms with Crippen LogP contribution in [0.2, 0.25) is 0 Å². The average Bonchev–Trinajstić information content (AvgIpc) is 3.47. The van der Waals surface area contributed by atoms with Gasteiger partial charge in [0.2, 0.25) is 0 Å². The van der Waals surface area contributed by atoms with Gasteiger partial charge in [-0.15, -0.1) is 11.8 Å². The van der Waals surface area contributed by atoms with E-state index < -0.39 is 0 Å². The van der Waals surface area contributed by atoms with Gasteiger partial charge in [-0.25, -0.2) is 0 Å². The van der Waals surface area contributed by atoms with Crippen molar-refractivity contribution in [3.63, 3.8) is 0 Å². The van der Waals surface area contributed by atoms with Crippen LogP contribution in [-0.4, -0.2) is 53.6 Å². The van der Waals surface area contributed by atoms with Crippen molar-refractivity contribution < 1.29 is 19.1 Å². The minimum absolute atomic E-state index is 0.0155. The van der Waals surface area contributed by atoms with Crippen molar-refractivity contribution in [1.82, 2.24) is 4.90 Å². The summed E-state index contributed by atoms with van der Waals surface area (Å²) in [7, 11) is 0. The molecule has 34 heavy (non-hydrogen) atoms. The average molecular weight is 515 g/mol. The van der Waals surface area contributed by atoms with Gasteiger partial charge in [-0.2, -0.15) is 0 Å². The number of carbonyl (C=O) groups is 2. The van der Waals surface area contributed by atoms with Crippen LogP contribution in [0.15, 0.2) is 52.3 Å². The molecule has 0 bridgehead atoms. The SMILES string of the molecule is CCOc1cc(/C=C2\SC(=S)N(c3cccc(SC)c3)C2=O)ccc1OCC(=O)N1CCCC1. The number of anilines is 1. The van der Waals surface area contributed by atoms with E-state index in [2.05, 4.69) is 0 Å². The molecule has 4 rings (SSSR count). The maximum absolute atomic E-state index is 13.1. The maximum Gasteiger partial charge on any atom is 0.270 e. The molecule has 2 heterocycles. The number of likely N-dealkylation sites (tertiary alicyclic amines) is 1. The van der Waals surface area contributed by atoms with Crippen molar-refractivity contribution in [1.29, 1.82) is 0 Å². The Morgan fingerprint density at radius 3 is 2.68 bits per heavy atom. The Balaban J connectivity index is 1.51. The summed E-state index contributed by atoms with van der Waals surface area (Å²) in [5, 5.41) is 0. The molecule has 0 unspecified atom stereocenters. The number of rotatable bonds is 8. The Morgan fingerprint density at radius 1 is 1.15 bits per heavy atom. The molecule has 6 nitrogen and oxygen atoms in total. The molecule has 0 aliphatic carbocycles. The molecule has 2 aromatic rings. The van der Waals surface area contributed by atoms with Crippen molar-refractivity contribution in [3.8, 4) is 11.5 Å². The fourth-order valence-electron chi connectivity index (χ4n) is 3.79. The van der Waals surface area contributed by atoms with Crippen LogP contribution in [0.1, 0.15) is 25.3 Å². The van der Waals surface area contributed by atoms with Crippen LogP contribution in [0.4, 0.5) is 5.69 Å². The van der Waals surface area contributed by atoms with Gasteiger partial charge in [0.25, 0.3) is 11.8 Å². The number of hydrogen-bond donors (Lipinski definition) is 0. The van der Waals surface area contributed by atoms with Crippen LogP contribution in [0.25, 0.3) is 6.08 Å². The molecule has 0 atom stereocenters.